The molecule has 3 nitrogen and oxygen atoms in total. The highest BCUT2D eigenvalue weighted by Crippen LogP contribution is 2.29. The van der Waals surface area contributed by atoms with Crippen LogP contribution in [0, 0.1) is 0 Å². The number of hydrogen-bond acceptors (Lipinski definition) is 3. The molecular formula is C24H22ClNO2. The Hall–Kier alpha value is -2.78. The highest BCUT2D eigenvalue weighted by atomic mass is 35.5. The molecule has 0 saturated carbocycles. The third-order valence-corrected chi connectivity index (χ3v) is 4.92. The molecule has 0 spiro atoms. The Morgan fingerprint density at radius 1 is 0.857 bits per heavy atom. The van der Waals surface area contributed by atoms with Crippen LogP contribution >= 0.6 is 11.6 Å². The van der Waals surface area contributed by atoms with Gasteiger partial charge >= 0.3 is 0 Å². The molecule has 0 unspecified atom stereocenters. The maximum Gasteiger partial charge on any atom is 0.227 e. The van der Waals surface area contributed by atoms with Crippen LogP contribution in [0.4, 0.5) is 0 Å². The van der Waals surface area contributed by atoms with Crippen molar-refractivity contribution >= 4 is 22.7 Å². The minimum atomic E-state index is 0.597. The molecule has 28 heavy (non-hydrogen) atoms. The molecule has 0 aliphatic carbocycles. The molecule has 0 aliphatic heterocycles. The largest absolute Gasteiger partial charge is 0.494 e. The van der Waals surface area contributed by atoms with Crippen molar-refractivity contribution in [1.29, 1.82) is 0 Å². The fourth-order valence-corrected chi connectivity index (χ4v) is 3.28. The predicted octanol–water partition coefficient (Wildman–Crippen LogP) is 7.38. The minimum absolute atomic E-state index is 0.597. The van der Waals surface area contributed by atoms with Crippen molar-refractivity contribution in [1.82, 2.24) is 4.98 Å². The number of oxazole rings is 1. The summed E-state index contributed by atoms with van der Waals surface area (Å²) >= 11 is 6.03. The fourth-order valence-electron chi connectivity index (χ4n) is 3.12. The topological polar surface area (TPSA) is 35.3 Å². The van der Waals surface area contributed by atoms with Gasteiger partial charge in [0.05, 0.1) is 6.61 Å². The van der Waals surface area contributed by atoms with Gasteiger partial charge in [-0.25, -0.2) is 4.98 Å². The number of nitrogens with zero attached hydrogens (tertiary/aromatic N) is 1. The zero-order valence-corrected chi connectivity index (χ0v) is 16.6. The van der Waals surface area contributed by atoms with Crippen LogP contribution < -0.4 is 4.74 Å². The van der Waals surface area contributed by atoms with E-state index in [1.54, 1.807) is 6.07 Å². The average molecular weight is 392 g/mol. The maximum absolute atomic E-state index is 6.03. The Labute approximate surface area is 169 Å². The Morgan fingerprint density at radius 2 is 1.54 bits per heavy atom. The lowest BCUT2D eigenvalue weighted by Crippen LogP contribution is -1.96. The molecule has 4 aromatic rings. The van der Waals surface area contributed by atoms with Crippen LogP contribution in [0.1, 0.15) is 26.2 Å². The van der Waals surface area contributed by atoms with Gasteiger partial charge in [0.25, 0.3) is 0 Å². The highest BCUT2D eigenvalue weighted by Gasteiger charge is 2.09. The van der Waals surface area contributed by atoms with Gasteiger partial charge in [-0.3, -0.25) is 0 Å². The predicted molar refractivity (Wildman–Crippen MR) is 115 cm³/mol. The molecule has 1 heterocycles. The summed E-state index contributed by atoms with van der Waals surface area (Å²) in [5, 5.41) is 0.653. The summed E-state index contributed by atoms with van der Waals surface area (Å²) in [7, 11) is 0. The van der Waals surface area contributed by atoms with Crippen LogP contribution in [-0.2, 0) is 0 Å². The van der Waals surface area contributed by atoms with E-state index in [1.165, 1.54) is 12.8 Å². The molecule has 0 radical (unpaired) electrons. The Morgan fingerprint density at radius 3 is 2.25 bits per heavy atom. The molecule has 1 aromatic heterocycles. The van der Waals surface area contributed by atoms with Crippen molar-refractivity contribution in [2.75, 3.05) is 6.61 Å². The molecule has 0 bridgehead atoms. The summed E-state index contributed by atoms with van der Waals surface area (Å²) in [4.78, 5) is 4.53. The molecule has 0 amide bonds. The monoisotopic (exact) mass is 391 g/mol. The molecular weight excluding hydrogens is 370 g/mol. The summed E-state index contributed by atoms with van der Waals surface area (Å²) in [5.74, 6) is 1.52. The quantitative estimate of drug-likeness (QED) is 0.308. The number of benzene rings is 3. The summed E-state index contributed by atoms with van der Waals surface area (Å²) in [6, 6.07) is 21.9. The lowest BCUT2D eigenvalue weighted by Gasteiger charge is -2.07. The van der Waals surface area contributed by atoms with Crippen LogP contribution in [0.25, 0.3) is 33.7 Å². The second-order valence-electron chi connectivity index (χ2n) is 6.79. The smallest absolute Gasteiger partial charge is 0.227 e. The summed E-state index contributed by atoms with van der Waals surface area (Å²) in [6.45, 7) is 2.97. The van der Waals surface area contributed by atoms with Crippen molar-refractivity contribution in [3.63, 3.8) is 0 Å². The zero-order chi connectivity index (χ0) is 19.3. The first-order valence-corrected chi connectivity index (χ1v) is 10.0. The molecule has 4 rings (SSSR count). The van der Waals surface area contributed by atoms with E-state index in [0.717, 1.165) is 46.6 Å². The molecule has 4 heteroatoms. The van der Waals surface area contributed by atoms with Crippen molar-refractivity contribution in [3.8, 4) is 28.3 Å². The van der Waals surface area contributed by atoms with Crippen LogP contribution in [0.2, 0.25) is 5.02 Å². The Kier molecular flexibility index (Phi) is 5.63. The van der Waals surface area contributed by atoms with Crippen molar-refractivity contribution < 1.29 is 9.15 Å². The van der Waals surface area contributed by atoms with Gasteiger partial charge in [0, 0.05) is 10.6 Å². The number of ether oxygens (including phenoxy) is 1. The van der Waals surface area contributed by atoms with Crippen molar-refractivity contribution in [2.45, 2.75) is 26.2 Å². The zero-order valence-electron chi connectivity index (χ0n) is 15.8. The SMILES string of the molecule is CCCCCOc1ccc(-c2ccc(-c3nc4cc(Cl)ccc4o3)cc2)cc1. The van der Waals surface area contributed by atoms with Gasteiger partial charge in [0.1, 0.15) is 11.3 Å². The van der Waals surface area contributed by atoms with Gasteiger partial charge in [0.15, 0.2) is 5.58 Å². The summed E-state index contributed by atoms with van der Waals surface area (Å²) in [6.07, 6.45) is 3.51. The minimum Gasteiger partial charge on any atom is -0.494 e. The van der Waals surface area contributed by atoms with Gasteiger partial charge in [-0.15, -0.1) is 0 Å². The number of rotatable bonds is 7. The molecule has 3 aromatic carbocycles. The number of fused-ring (bicyclic) bond motifs is 1. The number of hydrogen-bond donors (Lipinski definition) is 0. The lowest BCUT2D eigenvalue weighted by molar-refractivity contribution is 0.306. The van der Waals surface area contributed by atoms with Crippen molar-refractivity contribution in [3.05, 3.63) is 71.8 Å². The van der Waals surface area contributed by atoms with E-state index in [4.69, 9.17) is 20.8 Å². The lowest BCUT2D eigenvalue weighted by atomic mass is 10.0. The third-order valence-electron chi connectivity index (χ3n) is 4.69. The van der Waals surface area contributed by atoms with E-state index in [-0.39, 0.29) is 0 Å². The van der Waals surface area contributed by atoms with E-state index >= 15 is 0 Å². The van der Waals surface area contributed by atoms with Crippen LogP contribution in [0.5, 0.6) is 5.75 Å². The van der Waals surface area contributed by atoms with E-state index in [2.05, 4.69) is 36.2 Å². The van der Waals surface area contributed by atoms with E-state index in [1.807, 2.05) is 36.4 Å². The molecule has 0 saturated heterocycles. The van der Waals surface area contributed by atoms with E-state index in [0.29, 0.717) is 10.9 Å². The van der Waals surface area contributed by atoms with E-state index in [9.17, 15) is 0 Å². The molecule has 142 valence electrons. The highest BCUT2D eigenvalue weighted by molar-refractivity contribution is 6.31. The number of aromatic nitrogens is 1. The van der Waals surface area contributed by atoms with E-state index < -0.39 is 0 Å². The number of halogens is 1. The van der Waals surface area contributed by atoms with Gasteiger partial charge in [-0.05, 0) is 60.0 Å². The van der Waals surface area contributed by atoms with Crippen molar-refractivity contribution in [2.24, 2.45) is 0 Å². The van der Waals surface area contributed by atoms with Crippen LogP contribution in [-0.4, -0.2) is 11.6 Å². The van der Waals surface area contributed by atoms with Gasteiger partial charge < -0.3 is 9.15 Å². The van der Waals surface area contributed by atoms with Crippen LogP contribution in [0.15, 0.2) is 71.1 Å². The van der Waals surface area contributed by atoms with Gasteiger partial charge in [0.2, 0.25) is 5.89 Å². The maximum atomic E-state index is 6.03. The Bertz CT molecular complexity index is 1050. The first-order valence-electron chi connectivity index (χ1n) is 9.63. The Balaban J connectivity index is 1.48. The molecule has 0 atom stereocenters. The van der Waals surface area contributed by atoms with Gasteiger partial charge in [-0.2, -0.15) is 0 Å². The second kappa shape index (κ2) is 8.49. The summed E-state index contributed by atoms with van der Waals surface area (Å²) < 4.78 is 11.6. The average Bonchev–Trinajstić information content (AvgIpc) is 3.15. The van der Waals surface area contributed by atoms with Crippen LogP contribution in [0.3, 0.4) is 0 Å². The third kappa shape index (κ3) is 4.20. The molecule has 0 N–H and O–H groups in total. The molecule has 0 fully saturated rings. The fraction of sp³-hybridized carbons (Fsp3) is 0.208. The normalized spacial score (nSPS) is 11.1. The first-order chi connectivity index (χ1) is 13.7. The standard InChI is InChI=1S/C24H22ClNO2/c1-2-3-4-15-27-21-12-9-18(10-13-21)17-5-7-19(8-6-17)24-26-22-16-20(25)11-14-23(22)28-24/h5-14,16H,2-4,15H2,1H3. The summed E-state index contributed by atoms with van der Waals surface area (Å²) in [5.41, 5.74) is 4.73. The second-order valence-corrected chi connectivity index (χ2v) is 7.22. The van der Waals surface area contributed by atoms with Gasteiger partial charge in [-0.1, -0.05) is 55.6 Å². The first kappa shape index (κ1) is 18.6. The molecule has 0 aliphatic rings. The number of unbranched alkanes of at least 4 members (excludes halogenated alkanes) is 2.